The Labute approximate surface area is 150 Å². The number of hydrogen-bond donors (Lipinski definition) is 1. The quantitative estimate of drug-likeness (QED) is 0.659. The van der Waals surface area contributed by atoms with Gasteiger partial charge in [-0.3, -0.25) is 4.72 Å². The summed E-state index contributed by atoms with van der Waals surface area (Å²) in [6, 6.07) is 10.5. The highest BCUT2D eigenvalue weighted by atomic mass is 79.9. The van der Waals surface area contributed by atoms with Gasteiger partial charge in [0.1, 0.15) is 4.21 Å². The molecule has 0 saturated heterocycles. The number of imidazole rings is 1. The molecule has 2 heterocycles. The van der Waals surface area contributed by atoms with Crippen LogP contribution >= 0.6 is 39.0 Å². The maximum Gasteiger partial charge on any atom is 0.271 e. The van der Waals surface area contributed by atoms with Crippen LogP contribution in [-0.4, -0.2) is 18.0 Å². The average Bonchev–Trinajstić information content (AvgIpc) is 3.11. The van der Waals surface area contributed by atoms with Crippen molar-refractivity contribution in [2.24, 2.45) is 7.05 Å². The lowest BCUT2D eigenvalue weighted by molar-refractivity contribution is 0.603. The van der Waals surface area contributed by atoms with Crippen molar-refractivity contribution in [1.29, 1.82) is 0 Å². The number of hydrogen-bond acceptors (Lipinski definition) is 5. The normalized spacial score (nSPS) is 11.6. The maximum absolute atomic E-state index is 12.3. The number of halogens is 1. The van der Waals surface area contributed by atoms with Crippen molar-refractivity contribution in [3.05, 3.63) is 52.6 Å². The monoisotopic (exact) mass is 429 g/mol. The molecule has 0 bridgehead atoms. The molecule has 3 aromatic rings. The van der Waals surface area contributed by atoms with Gasteiger partial charge in [-0.15, -0.1) is 11.3 Å². The molecule has 0 atom stereocenters. The Hall–Kier alpha value is -1.29. The van der Waals surface area contributed by atoms with E-state index < -0.39 is 10.0 Å². The van der Waals surface area contributed by atoms with E-state index in [0.717, 1.165) is 13.8 Å². The van der Waals surface area contributed by atoms with Gasteiger partial charge < -0.3 is 4.57 Å². The maximum atomic E-state index is 12.3. The van der Waals surface area contributed by atoms with E-state index in [0.29, 0.717) is 5.69 Å². The van der Waals surface area contributed by atoms with E-state index >= 15 is 0 Å². The highest BCUT2D eigenvalue weighted by Gasteiger charge is 2.16. The zero-order chi connectivity index (χ0) is 16.4. The van der Waals surface area contributed by atoms with Crippen molar-refractivity contribution in [3.8, 4) is 0 Å². The standard InChI is InChI=1S/C14H12BrN3O2S3/c1-18-9-8-16-14(18)21-11-4-2-10(3-5-11)17-23(19,20)13-7-6-12(15)22-13/h2-9,17H,1H3. The van der Waals surface area contributed by atoms with Crippen LogP contribution < -0.4 is 4.72 Å². The predicted octanol–water partition coefficient (Wildman–Crippen LogP) is 4.20. The first-order chi connectivity index (χ1) is 10.9. The topological polar surface area (TPSA) is 64.0 Å². The first-order valence-corrected chi connectivity index (χ1v) is 10.4. The molecule has 2 aromatic heterocycles. The van der Waals surface area contributed by atoms with E-state index in [1.54, 1.807) is 30.5 Å². The minimum atomic E-state index is -3.55. The molecule has 120 valence electrons. The minimum Gasteiger partial charge on any atom is -0.329 e. The van der Waals surface area contributed by atoms with Gasteiger partial charge in [0, 0.05) is 30.0 Å². The molecular formula is C14H12BrN3O2S3. The van der Waals surface area contributed by atoms with Crippen LogP contribution in [0.1, 0.15) is 0 Å². The van der Waals surface area contributed by atoms with Gasteiger partial charge >= 0.3 is 0 Å². The summed E-state index contributed by atoms with van der Waals surface area (Å²) in [6.45, 7) is 0. The van der Waals surface area contributed by atoms with Crippen LogP contribution in [0.25, 0.3) is 0 Å². The van der Waals surface area contributed by atoms with Gasteiger partial charge in [-0.25, -0.2) is 13.4 Å². The lowest BCUT2D eigenvalue weighted by atomic mass is 10.3. The van der Waals surface area contributed by atoms with E-state index in [2.05, 4.69) is 25.6 Å². The highest BCUT2D eigenvalue weighted by molar-refractivity contribution is 9.11. The molecular weight excluding hydrogens is 418 g/mol. The molecule has 0 spiro atoms. The summed E-state index contributed by atoms with van der Waals surface area (Å²) >= 11 is 5.96. The summed E-state index contributed by atoms with van der Waals surface area (Å²) in [6.07, 6.45) is 3.62. The van der Waals surface area contributed by atoms with Crippen LogP contribution in [0.2, 0.25) is 0 Å². The van der Waals surface area contributed by atoms with Gasteiger partial charge in [-0.2, -0.15) is 0 Å². The van der Waals surface area contributed by atoms with Crippen LogP contribution in [0.3, 0.4) is 0 Å². The van der Waals surface area contributed by atoms with Crippen molar-refractivity contribution in [2.45, 2.75) is 14.3 Å². The minimum absolute atomic E-state index is 0.274. The fourth-order valence-corrected chi connectivity index (χ4v) is 5.66. The van der Waals surface area contributed by atoms with Gasteiger partial charge in [0.05, 0.1) is 3.79 Å². The van der Waals surface area contributed by atoms with Crippen LogP contribution in [0.5, 0.6) is 0 Å². The fraction of sp³-hybridized carbons (Fsp3) is 0.0714. The van der Waals surface area contributed by atoms with Gasteiger partial charge in [0.25, 0.3) is 10.0 Å². The van der Waals surface area contributed by atoms with Crippen molar-refractivity contribution in [2.75, 3.05) is 4.72 Å². The van der Waals surface area contributed by atoms with Crippen molar-refractivity contribution in [1.82, 2.24) is 9.55 Å². The van der Waals surface area contributed by atoms with Crippen molar-refractivity contribution >= 4 is 54.7 Å². The van der Waals surface area contributed by atoms with E-state index in [1.807, 2.05) is 29.9 Å². The third-order valence-electron chi connectivity index (χ3n) is 2.91. The zero-order valence-corrected chi connectivity index (χ0v) is 16.0. The Morgan fingerprint density at radius 2 is 1.96 bits per heavy atom. The Morgan fingerprint density at radius 1 is 1.22 bits per heavy atom. The third kappa shape index (κ3) is 3.97. The molecule has 0 aliphatic heterocycles. The molecule has 0 amide bonds. The summed E-state index contributed by atoms with van der Waals surface area (Å²) in [5.74, 6) is 0. The Morgan fingerprint density at radius 3 is 2.52 bits per heavy atom. The summed E-state index contributed by atoms with van der Waals surface area (Å²) in [4.78, 5) is 5.23. The zero-order valence-electron chi connectivity index (χ0n) is 11.9. The number of thiophene rings is 1. The molecule has 5 nitrogen and oxygen atoms in total. The lowest BCUT2D eigenvalue weighted by Crippen LogP contribution is -2.11. The summed E-state index contributed by atoms with van der Waals surface area (Å²) < 4.78 is 30.1. The van der Waals surface area contributed by atoms with Crippen molar-refractivity contribution in [3.63, 3.8) is 0 Å². The van der Waals surface area contributed by atoms with E-state index in [4.69, 9.17) is 0 Å². The molecule has 0 radical (unpaired) electrons. The molecule has 0 aliphatic carbocycles. The first-order valence-electron chi connectivity index (χ1n) is 6.47. The number of anilines is 1. The molecule has 1 N–H and O–H groups in total. The van der Waals surface area contributed by atoms with E-state index in [1.165, 1.54) is 23.1 Å². The average molecular weight is 430 g/mol. The van der Waals surface area contributed by atoms with Gasteiger partial charge in [-0.1, -0.05) is 11.8 Å². The number of rotatable bonds is 5. The molecule has 23 heavy (non-hydrogen) atoms. The second kappa shape index (κ2) is 6.68. The Bertz CT molecular complexity index is 917. The van der Waals surface area contributed by atoms with Crippen LogP contribution in [0, 0.1) is 0 Å². The fourth-order valence-electron chi connectivity index (χ4n) is 1.79. The van der Waals surface area contributed by atoms with Crippen LogP contribution in [0.15, 0.2) is 66.8 Å². The van der Waals surface area contributed by atoms with E-state index in [-0.39, 0.29) is 4.21 Å². The lowest BCUT2D eigenvalue weighted by Gasteiger charge is -2.07. The number of nitrogens with zero attached hydrogens (tertiary/aromatic N) is 2. The molecule has 0 saturated carbocycles. The largest absolute Gasteiger partial charge is 0.329 e. The first kappa shape index (κ1) is 16.6. The number of aromatic nitrogens is 2. The summed E-state index contributed by atoms with van der Waals surface area (Å²) in [5.41, 5.74) is 0.527. The second-order valence-electron chi connectivity index (χ2n) is 4.61. The SMILES string of the molecule is Cn1ccnc1Sc1ccc(NS(=O)(=O)c2ccc(Br)s2)cc1. The van der Waals surface area contributed by atoms with E-state index in [9.17, 15) is 8.42 Å². The van der Waals surface area contributed by atoms with Gasteiger partial charge in [0.2, 0.25) is 0 Å². The number of aryl methyl sites for hydroxylation is 1. The number of nitrogens with one attached hydrogen (secondary N) is 1. The van der Waals surface area contributed by atoms with Crippen LogP contribution in [0.4, 0.5) is 5.69 Å². The molecule has 9 heteroatoms. The molecule has 0 unspecified atom stereocenters. The van der Waals surface area contributed by atoms with Gasteiger partial charge in [0.15, 0.2) is 5.16 Å². The highest BCUT2D eigenvalue weighted by Crippen LogP contribution is 2.29. The smallest absolute Gasteiger partial charge is 0.271 e. The van der Waals surface area contributed by atoms with Crippen molar-refractivity contribution < 1.29 is 8.42 Å². The van der Waals surface area contributed by atoms with Crippen LogP contribution in [-0.2, 0) is 17.1 Å². The Kier molecular flexibility index (Phi) is 4.81. The third-order valence-corrected chi connectivity index (χ3v) is 7.49. The summed E-state index contributed by atoms with van der Waals surface area (Å²) in [5, 5.41) is 0.877. The molecule has 3 rings (SSSR count). The predicted molar refractivity (Wildman–Crippen MR) is 96.6 cm³/mol. The van der Waals surface area contributed by atoms with Gasteiger partial charge in [-0.05, 0) is 52.3 Å². The second-order valence-corrected chi connectivity index (χ2v) is 10.0. The molecule has 1 aromatic carbocycles. The number of sulfonamides is 1. The Balaban J connectivity index is 1.74. The number of benzene rings is 1. The molecule has 0 aliphatic rings. The molecule has 0 fully saturated rings. The summed E-state index contributed by atoms with van der Waals surface area (Å²) in [7, 11) is -1.62.